The first-order valence-electron chi connectivity index (χ1n) is 15.2. The lowest BCUT2D eigenvalue weighted by molar-refractivity contribution is 0.560. The Morgan fingerprint density at radius 2 is 1.46 bits per heavy atom. The molecule has 1 unspecified atom stereocenters. The van der Waals surface area contributed by atoms with Crippen LogP contribution < -0.4 is 5.32 Å². The highest BCUT2D eigenvalue weighted by atomic mass is 14.9. The molecule has 1 aliphatic rings. The summed E-state index contributed by atoms with van der Waals surface area (Å²) < 4.78 is 0. The first-order chi connectivity index (χ1) is 19.8. The monoisotopic (exact) mass is 537 g/mol. The van der Waals surface area contributed by atoms with E-state index in [-0.39, 0.29) is 0 Å². The third-order valence-electron chi connectivity index (χ3n) is 9.35. The second kappa shape index (κ2) is 9.76. The third kappa shape index (κ3) is 4.22. The van der Waals surface area contributed by atoms with Crippen LogP contribution in [0.25, 0.3) is 54.7 Å². The average Bonchev–Trinajstić information content (AvgIpc) is 3.44. The van der Waals surface area contributed by atoms with Gasteiger partial charge in [0, 0.05) is 34.3 Å². The van der Waals surface area contributed by atoms with Crippen molar-refractivity contribution < 1.29 is 0 Å². The predicted octanol–water partition coefficient (Wildman–Crippen LogP) is 10.2. The summed E-state index contributed by atoms with van der Waals surface area (Å²) in [5.41, 5.74) is 10.2. The highest BCUT2D eigenvalue weighted by Crippen LogP contribution is 2.41. The number of aromatic nitrogens is 2. The Kier molecular flexibility index (Phi) is 6.15. The van der Waals surface area contributed by atoms with Crippen LogP contribution in [0.1, 0.15) is 63.2 Å². The van der Waals surface area contributed by atoms with E-state index in [1.165, 1.54) is 71.5 Å². The van der Waals surface area contributed by atoms with Gasteiger partial charge in [-0.05, 0) is 93.9 Å². The normalized spacial score (nSPS) is 13.8. The van der Waals surface area contributed by atoms with Gasteiger partial charge in [0.05, 0.1) is 5.69 Å². The zero-order valence-corrected chi connectivity index (χ0v) is 25.0. The third-order valence-corrected chi connectivity index (χ3v) is 9.35. The van der Waals surface area contributed by atoms with Crippen LogP contribution in [0.5, 0.6) is 0 Å². The van der Waals surface area contributed by atoms with Gasteiger partial charge >= 0.3 is 0 Å². The largest absolute Gasteiger partial charge is 0.382 e. The molecule has 1 aromatic heterocycles. The Morgan fingerprint density at radius 1 is 0.732 bits per heavy atom. The molecule has 0 radical (unpaired) electrons. The van der Waals surface area contributed by atoms with Crippen LogP contribution in [-0.4, -0.2) is 16.0 Å². The van der Waals surface area contributed by atoms with Gasteiger partial charge < -0.3 is 10.3 Å². The first kappa shape index (κ1) is 25.8. The number of H-pyrrole nitrogens is 1. The van der Waals surface area contributed by atoms with Crippen LogP contribution in [0.4, 0.5) is 5.69 Å². The van der Waals surface area contributed by atoms with Gasteiger partial charge in [0.2, 0.25) is 0 Å². The van der Waals surface area contributed by atoms with E-state index in [4.69, 9.17) is 4.98 Å². The lowest BCUT2D eigenvalue weighted by Crippen LogP contribution is -2.22. The molecule has 6 aromatic rings. The van der Waals surface area contributed by atoms with Crippen molar-refractivity contribution in [2.75, 3.05) is 5.32 Å². The topological polar surface area (TPSA) is 40.7 Å². The Labute approximate surface area is 243 Å². The van der Waals surface area contributed by atoms with Crippen molar-refractivity contribution in [3.05, 3.63) is 95.4 Å². The molecular weight excluding hydrogens is 498 g/mol. The van der Waals surface area contributed by atoms with E-state index in [0.717, 1.165) is 24.4 Å². The van der Waals surface area contributed by atoms with Gasteiger partial charge in [0.15, 0.2) is 0 Å². The SMILES string of the molecule is Cc1c(NC(C)C(C)C)c2ccc(-c3ccc4c5c(ccc4c3)-c3nc(C(C)C)[nH]c3CC5)cc2c2ccccc12. The van der Waals surface area contributed by atoms with Crippen molar-refractivity contribution in [1.29, 1.82) is 0 Å². The maximum atomic E-state index is 5.00. The summed E-state index contributed by atoms with van der Waals surface area (Å²) in [5, 5.41) is 11.7. The standard InChI is InChI=1S/C38H39N3/c1-21(2)24(6)39-36-23(5)28-9-7-8-10-30(28)34-20-26(12-15-33(34)36)25-11-14-29-27(19-25)13-16-32-31(29)17-18-35-37(32)41-38(40-35)22(3)4/h7-16,19-22,24,39H,17-18H2,1-6H3,(H,40,41). The molecule has 3 heteroatoms. The molecule has 1 heterocycles. The maximum Gasteiger partial charge on any atom is 0.109 e. The lowest BCUT2D eigenvalue weighted by Gasteiger charge is -2.23. The molecule has 0 aliphatic heterocycles. The maximum absolute atomic E-state index is 5.00. The number of imidazole rings is 1. The minimum Gasteiger partial charge on any atom is -0.382 e. The number of nitrogens with one attached hydrogen (secondary N) is 2. The minimum absolute atomic E-state index is 0.388. The van der Waals surface area contributed by atoms with Crippen molar-refractivity contribution in [1.82, 2.24) is 9.97 Å². The van der Waals surface area contributed by atoms with Crippen LogP contribution in [0.3, 0.4) is 0 Å². The van der Waals surface area contributed by atoms with E-state index in [2.05, 4.69) is 125 Å². The number of anilines is 1. The first-order valence-corrected chi connectivity index (χ1v) is 15.2. The lowest BCUT2D eigenvalue weighted by atomic mass is 9.87. The Hall–Kier alpha value is -4.11. The molecule has 0 fully saturated rings. The molecule has 0 saturated heterocycles. The van der Waals surface area contributed by atoms with Crippen LogP contribution in [0.2, 0.25) is 0 Å². The summed E-state index contributed by atoms with van der Waals surface area (Å²) in [7, 11) is 0. The molecule has 2 N–H and O–H groups in total. The fourth-order valence-electron chi connectivity index (χ4n) is 6.55. The van der Waals surface area contributed by atoms with Gasteiger partial charge in [-0.25, -0.2) is 4.98 Å². The number of fused-ring (bicyclic) bond motifs is 8. The number of aryl methyl sites for hydroxylation is 3. The van der Waals surface area contributed by atoms with Crippen LogP contribution in [0.15, 0.2) is 72.8 Å². The van der Waals surface area contributed by atoms with E-state index in [9.17, 15) is 0 Å². The van der Waals surface area contributed by atoms with Crippen molar-refractivity contribution in [2.45, 2.75) is 66.3 Å². The second-order valence-corrected chi connectivity index (χ2v) is 12.6. The molecular formula is C38H39N3. The quantitative estimate of drug-likeness (QED) is 0.215. The van der Waals surface area contributed by atoms with Gasteiger partial charge in [-0.1, -0.05) is 88.4 Å². The Balaban J connectivity index is 1.35. The van der Waals surface area contributed by atoms with E-state index < -0.39 is 0 Å². The molecule has 7 rings (SSSR count). The Morgan fingerprint density at radius 3 is 2.22 bits per heavy atom. The van der Waals surface area contributed by atoms with Crippen molar-refractivity contribution in [3.63, 3.8) is 0 Å². The molecule has 41 heavy (non-hydrogen) atoms. The summed E-state index contributed by atoms with van der Waals surface area (Å²) in [6, 6.07) is 27.8. The molecule has 0 amide bonds. The predicted molar refractivity (Wildman–Crippen MR) is 176 cm³/mol. The summed E-state index contributed by atoms with van der Waals surface area (Å²) >= 11 is 0. The van der Waals surface area contributed by atoms with E-state index >= 15 is 0 Å². The zero-order chi connectivity index (χ0) is 28.4. The molecule has 5 aromatic carbocycles. The molecule has 0 bridgehead atoms. The molecule has 206 valence electrons. The molecule has 0 saturated carbocycles. The van der Waals surface area contributed by atoms with Gasteiger partial charge in [-0.15, -0.1) is 0 Å². The summed E-state index contributed by atoms with van der Waals surface area (Å²) in [6.45, 7) is 13.5. The highest BCUT2D eigenvalue weighted by Gasteiger charge is 2.23. The van der Waals surface area contributed by atoms with Crippen molar-refractivity contribution in [2.24, 2.45) is 5.92 Å². The number of nitrogens with zero attached hydrogens (tertiary/aromatic N) is 1. The number of rotatable bonds is 5. The molecule has 1 atom stereocenters. The van der Waals surface area contributed by atoms with Crippen LogP contribution in [0, 0.1) is 12.8 Å². The van der Waals surface area contributed by atoms with E-state index in [1.54, 1.807) is 0 Å². The fraction of sp³-hybridized carbons (Fsp3) is 0.289. The summed E-state index contributed by atoms with van der Waals surface area (Å²) in [4.78, 5) is 8.58. The molecule has 3 nitrogen and oxygen atoms in total. The molecule has 0 spiro atoms. The smallest absolute Gasteiger partial charge is 0.109 e. The second-order valence-electron chi connectivity index (χ2n) is 12.6. The van der Waals surface area contributed by atoms with E-state index in [1.807, 2.05) is 0 Å². The number of aromatic amines is 1. The van der Waals surface area contributed by atoms with Gasteiger partial charge in [0.25, 0.3) is 0 Å². The number of benzene rings is 5. The number of hydrogen-bond acceptors (Lipinski definition) is 2. The summed E-state index contributed by atoms with van der Waals surface area (Å²) in [6.07, 6.45) is 2.07. The van der Waals surface area contributed by atoms with Crippen LogP contribution >= 0.6 is 0 Å². The van der Waals surface area contributed by atoms with Crippen LogP contribution in [-0.2, 0) is 12.8 Å². The fourth-order valence-corrected chi connectivity index (χ4v) is 6.55. The van der Waals surface area contributed by atoms with Crippen molar-refractivity contribution >= 4 is 38.0 Å². The van der Waals surface area contributed by atoms with Gasteiger partial charge in [0.1, 0.15) is 5.82 Å². The highest BCUT2D eigenvalue weighted by molar-refractivity contribution is 6.16. The zero-order valence-electron chi connectivity index (χ0n) is 25.0. The van der Waals surface area contributed by atoms with E-state index in [0.29, 0.717) is 17.9 Å². The van der Waals surface area contributed by atoms with Gasteiger partial charge in [-0.2, -0.15) is 0 Å². The number of hydrogen-bond donors (Lipinski definition) is 2. The summed E-state index contributed by atoms with van der Waals surface area (Å²) in [5.74, 6) is 2.05. The average molecular weight is 538 g/mol. The Bertz CT molecular complexity index is 1960. The minimum atomic E-state index is 0.388. The molecule has 1 aliphatic carbocycles. The van der Waals surface area contributed by atoms with Crippen molar-refractivity contribution in [3.8, 4) is 22.4 Å². The van der Waals surface area contributed by atoms with Gasteiger partial charge in [-0.3, -0.25) is 0 Å².